The van der Waals surface area contributed by atoms with Gasteiger partial charge in [-0.2, -0.15) is 13.2 Å². The molecule has 3 aliphatic carbocycles. The Morgan fingerprint density at radius 1 is 1.19 bits per heavy atom. The molecule has 2 saturated carbocycles. The van der Waals surface area contributed by atoms with Crippen LogP contribution in [0.15, 0.2) is 42.5 Å². The number of halogens is 3. The number of carbonyl (C=O) groups excluding carboxylic acids is 1. The maximum Gasteiger partial charge on any atom is 0.416 e. The molecule has 2 aliphatic heterocycles. The molecule has 2 heterocycles. The first-order valence-electron chi connectivity index (χ1n) is 15.6. The van der Waals surface area contributed by atoms with Crippen molar-refractivity contribution >= 4 is 12.0 Å². The quantitative estimate of drug-likeness (QED) is 0.411. The van der Waals surface area contributed by atoms with Gasteiger partial charge in [0.15, 0.2) is 11.5 Å². The number of alkyl halides is 3. The van der Waals surface area contributed by atoms with Crippen molar-refractivity contribution in [1.29, 1.82) is 0 Å². The van der Waals surface area contributed by atoms with Gasteiger partial charge in [0.2, 0.25) is 5.91 Å². The number of hydrogen-bond donors (Lipinski definition) is 2. The summed E-state index contributed by atoms with van der Waals surface area (Å²) in [4.78, 5) is 18.2. The average Bonchev–Trinajstić information content (AvgIpc) is 3.70. The monoisotopic (exact) mass is 596 g/mol. The van der Waals surface area contributed by atoms with Gasteiger partial charge in [-0.15, -0.1) is 0 Å². The van der Waals surface area contributed by atoms with Crippen LogP contribution in [-0.2, 0) is 22.8 Å². The Kier molecular flexibility index (Phi) is 6.67. The minimum Gasteiger partial charge on any atom is -0.504 e. The summed E-state index contributed by atoms with van der Waals surface area (Å²) in [5.74, 6) is 0.980. The number of aliphatic hydroxyl groups is 1. The molecular formula is C34H39F3N2O4. The predicted molar refractivity (Wildman–Crippen MR) is 156 cm³/mol. The van der Waals surface area contributed by atoms with Crippen LogP contribution < -0.4 is 4.74 Å². The number of amides is 1. The van der Waals surface area contributed by atoms with Crippen molar-refractivity contribution in [2.75, 3.05) is 19.6 Å². The number of phenolic OH excluding ortho intramolecular Hbond substituents is 1. The number of ether oxygens (including phenoxy) is 1. The Hall–Kier alpha value is -3.04. The molecule has 1 spiro atoms. The van der Waals surface area contributed by atoms with Crippen molar-refractivity contribution in [3.05, 3.63) is 64.7 Å². The number of likely N-dealkylation sites (tertiary alicyclic amines) is 1. The molecule has 5 atom stereocenters. The maximum absolute atomic E-state index is 13.9. The van der Waals surface area contributed by atoms with Crippen LogP contribution in [0.2, 0.25) is 0 Å². The van der Waals surface area contributed by atoms with E-state index in [-0.39, 0.29) is 29.7 Å². The van der Waals surface area contributed by atoms with Gasteiger partial charge in [-0.25, -0.2) is 0 Å². The average molecular weight is 597 g/mol. The molecule has 7 rings (SSSR count). The highest BCUT2D eigenvalue weighted by Crippen LogP contribution is 2.66. The Morgan fingerprint density at radius 2 is 1.98 bits per heavy atom. The van der Waals surface area contributed by atoms with E-state index in [1.54, 1.807) is 17.0 Å². The zero-order valence-corrected chi connectivity index (χ0v) is 24.6. The van der Waals surface area contributed by atoms with E-state index in [4.69, 9.17) is 4.74 Å². The van der Waals surface area contributed by atoms with Crippen LogP contribution in [0.25, 0.3) is 6.08 Å². The Labute approximate surface area is 250 Å². The summed E-state index contributed by atoms with van der Waals surface area (Å²) in [5.41, 5.74) is -0.294. The van der Waals surface area contributed by atoms with Crippen LogP contribution in [0.1, 0.15) is 68.2 Å². The number of benzene rings is 2. The van der Waals surface area contributed by atoms with Crippen LogP contribution >= 0.6 is 0 Å². The van der Waals surface area contributed by atoms with E-state index in [9.17, 15) is 28.2 Å². The maximum atomic E-state index is 13.9. The lowest BCUT2D eigenvalue weighted by atomic mass is 9.48. The Balaban J connectivity index is 1.25. The van der Waals surface area contributed by atoms with Gasteiger partial charge >= 0.3 is 6.18 Å². The molecule has 230 valence electrons. The normalized spacial score (nSPS) is 31.3. The van der Waals surface area contributed by atoms with Crippen molar-refractivity contribution in [3.63, 3.8) is 0 Å². The number of aromatic hydroxyl groups is 1. The summed E-state index contributed by atoms with van der Waals surface area (Å²) in [6.07, 6.45) is 2.61. The molecule has 5 aliphatic rings. The van der Waals surface area contributed by atoms with Gasteiger partial charge < -0.3 is 19.8 Å². The Morgan fingerprint density at radius 3 is 2.70 bits per heavy atom. The van der Waals surface area contributed by atoms with Crippen LogP contribution in [0, 0.1) is 11.8 Å². The van der Waals surface area contributed by atoms with Crippen LogP contribution in [0.5, 0.6) is 11.5 Å². The summed E-state index contributed by atoms with van der Waals surface area (Å²) in [6.45, 7) is 6.27. The predicted octanol–water partition coefficient (Wildman–Crippen LogP) is 5.54. The molecule has 3 unspecified atom stereocenters. The fourth-order valence-electron chi connectivity index (χ4n) is 8.64. The number of nitrogens with zero attached hydrogens (tertiary/aromatic N) is 2. The first-order chi connectivity index (χ1) is 20.4. The van der Waals surface area contributed by atoms with Crippen molar-refractivity contribution in [2.24, 2.45) is 11.8 Å². The third-order valence-electron chi connectivity index (χ3n) is 10.6. The van der Waals surface area contributed by atoms with Gasteiger partial charge in [-0.1, -0.05) is 32.0 Å². The highest BCUT2D eigenvalue weighted by molar-refractivity contribution is 5.92. The second kappa shape index (κ2) is 9.99. The SMILES string of the molecule is CC(C)CN(C(=O)C=Cc1cccc(C(F)(F)F)c1)C1CCC2(O)[C@H]3Cc4ccc(O)c5c4[C@@]2(CCN3CC2CC2)C1O5. The molecule has 9 heteroatoms. The minimum atomic E-state index is -4.47. The zero-order valence-electron chi connectivity index (χ0n) is 24.6. The van der Waals surface area contributed by atoms with E-state index in [2.05, 4.69) is 4.90 Å². The summed E-state index contributed by atoms with van der Waals surface area (Å²) in [7, 11) is 0. The lowest BCUT2D eigenvalue weighted by molar-refractivity contribution is -0.201. The number of phenols is 1. The fourth-order valence-corrected chi connectivity index (χ4v) is 8.64. The number of piperidine rings is 1. The van der Waals surface area contributed by atoms with Crippen LogP contribution in [0.4, 0.5) is 13.2 Å². The van der Waals surface area contributed by atoms with Crippen molar-refractivity contribution in [1.82, 2.24) is 9.80 Å². The van der Waals surface area contributed by atoms with Gasteiger partial charge in [0.1, 0.15) is 6.10 Å². The van der Waals surface area contributed by atoms with E-state index in [0.717, 1.165) is 36.3 Å². The molecule has 3 fully saturated rings. The molecule has 2 N–H and O–H groups in total. The third-order valence-corrected chi connectivity index (χ3v) is 10.6. The summed E-state index contributed by atoms with van der Waals surface area (Å²) in [5, 5.41) is 23.7. The highest BCUT2D eigenvalue weighted by atomic mass is 19.4. The summed E-state index contributed by atoms with van der Waals surface area (Å²) in [6, 6.07) is 8.13. The summed E-state index contributed by atoms with van der Waals surface area (Å²) >= 11 is 0. The first kappa shape index (κ1) is 28.7. The molecule has 6 nitrogen and oxygen atoms in total. The summed E-state index contributed by atoms with van der Waals surface area (Å²) < 4.78 is 46.5. The molecule has 0 radical (unpaired) electrons. The van der Waals surface area contributed by atoms with Crippen molar-refractivity contribution in [3.8, 4) is 11.5 Å². The van der Waals surface area contributed by atoms with Crippen LogP contribution in [0.3, 0.4) is 0 Å². The molecular weight excluding hydrogens is 557 g/mol. The first-order valence-corrected chi connectivity index (χ1v) is 15.6. The molecule has 1 amide bonds. The molecule has 0 aromatic heterocycles. The zero-order chi connectivity index (χ0) is 30.3. The van der Waals surface area contributed by atoms with Gasteiger partial charge in [-0.3, -0.25) is 9.69 Å². The standard InChI is InChI=1S/C34H39F3N2O4/c1-20(2)18-39(28(41)11-8-21-4-3-5-24(16-21)34(35,36)37)25-12-13-33(42)27-17-23-9-10-26(40)30-29(23)32(33,31(25)43-30)14-15-38(27)19-22-6-7-22/h3-5,8-11,16,20,22,25,27,31,40,42H,6-7,12-15,17-19H2,1-2H3/t25?,27-,31?,32+,33?/m1/s1. The molecule has 43 heavy (non-hydrogen) atoms. The van der Waals surface area contributed by atoms with E-state index >= 15 is 0 Å². The largest absolute Gasteiger partial charge is 0.504 e. The van der Waals surface area contributed by atoms with Gasteiger partial charge in [0.05, 0.1) is 22.6 Å². The van der Waals surface area contributed by atoms with E-state index in [1.807, 2.05) is 19.9 Å². The lowest BCUT2D eigenvalue weighted by Gasteiger charge is -2.65. The number of rotatable bonds is 7. The van der Waals surface area contributed by atoms with Crippen LogP contribution in [-0.4, -0.2) is 69.3 Å². The third kappa shape index (κ3) is 4.48. The molecule has 1 saturated heterocycles. The fraction of sp³-hybridized carbons (Fsp3) is 0.559. The number of carbonyl (C=O) groups is 1. The van der Waals surface area contributed by atoms with E-state index < -0.39 is 28.9 Å². The van der Waals surface area contributed by atoms with E-state index in [1.165, 1.54) is 31.1 Å². The molecule has 2 bridgehead atoms. The van der Waals surface area contributed by atoms with Gasteiger partial charge in [-0.05, 0) is 92.3 Å². The molecule has 2 aromatic rings. The second-order valence-electron chi connectivity index (χ2n) is 13.7. The topological polar surface area (TPSA) is 73.2 Å². The van der Waals surface area contributed by atoms with Crippen molar-refractivity contribution < 1.29 is 32.9 Å². The molecule has 2 aromatic carbocycles. The highest BCUT2D eigenvalue weighted by Gasteiger charge is 2.73. The second-order valence-corrected chi connectivity index (χ2v) is 13.7. The number of hydrogen-bond acceptors (Lipinski definition) is 5. The van der Waals surface area contributed by atoms with Gasteiger partial charge in [0, 0.05) is 30.8 Å². The minimum absolute atomic E-state index is 0.0497. The lowest BCUT2D eigenvalue weighted by Crippen LogP contribution is -2.78. The van der Waals surface area contributed by atoms with Crippen molar-refractivity contribution in [2.45, 2.75) is 87.8 Å². The van der Waals surface area contributed by atoms with E-state index in [0.29, 0.717) is 49.5 Å². The smallest absolute Gasteiger partial charge is 0.416 e. The Bertz CT molecular complexity index is 1470. The van der Waals surface area contributed by atoms with Gasteiger partial charge in [0.25, 0.3) is 0 Å².